The minimum absolute atomic E-state index is 0.188. The minimum Gasteiger partial charge on any atom is -0.312 e. The molecule has 0 amide bonds. The first-order chi connectivity index (χ1) is 10.5. The van der Waals surface area contributed by atoms with Gasteiger partial charge in [0.2, 0.25) is 0 Å². The maximum atomic E-state index is 12.4. The molecule has 0 spiro atoms. The summed E-state index contributed by atoms with van der Waals surface area (Å²) in [5.41, 5.74) is 4.37. The average molecular weight is 315 g/mol. The van der Waals surface area contributed by atoms with E-state index in [0.717, 1.165) is 22.3 Å². The highest BCUT2D eigenvalue weighted by Crippen LogP contribution is 2.51. The smallest absolute Gasteiger partial charge is 0.312 e. The fraction of sp³-hybridized carbons (Fsp3) is 0.235. The van der Waals surface area contributed by atoms with Gasteiger partial charge in [-0.25, -0.2) is 0 Å². The molecule has 0 aromatic heterocycles. The van der Waals surface area contributed by atoms with Crippen LogP contribution in [0.25, 0.3) is 11.1 Å². The zero-order valence-corrected chi connectivity index (χ0v) is 13.8. The maximum absolute atomic E-state index is 12.4. The van der Waals surface area contributed by atoms with Gasteiger partial charge in [-0.2, -0.15) is 5.26 Å². The third-order valence-electron chi connectivity index (χ3n) is 3.48. The topological polar surface area (TPSA) is 59.3 Å². The van der Waals surface area contributed by atoms with Gasteiger partial charge < -0.3 is 9.05 Å². The lowest BCUT2D eigenvalue weighted by Crippen LogP contribution is -1.97. The molecule has 0 aliphatic heterocycles. The van der Waals surface area contributed by atoms with Crippen molar-refractivity contribution in [3.8, 4) is 17.2 Å². The van der Waals surface area contributed by atoms with Crippen molar-refractivity contribution in [2.75, 3.05) is 14.2 Å². The Bertz CT molecular complexity index is 757. The molecule has 0 aliphatic carbocycles. The molecule has 2 aromatic rings. The van der Waals surface area contributed by atoms with E-state index in [1.165, 1.54) is 14.2 Å². The summed E-state index contributed by atoms with van der Waals surface area (Å²) in [6.45, 7) is 1.98. The van der Waals surface area contributed by atoms with Crippen molar-refractivity contribution in [3.63, 3.8) is 0 Å². The number of hydrogen-bond acceptors (Lipinski definition) is 4. The third-order valence-corrected chi connectivity index (χ3v) is 5.32. The van der Waals surface area contributed by atoms with E-state index in [-0.39, 0.29) is 6.16 Å². The summed E-state index contributed by atoms with van der Waals surface area (Å²) in [5.74, 6) is 0. The van der Waals surface area contributed by atoms with Crippen LogP contribution in [-0.4, -0.2) is 14.2 Å². The fourth-order valence-corrected chi connectivity index (χ4v) is 3.39. The summed E-state index contributed by atoms with van der Waals surface area (Å²) in [5, 5.41) is 9.05. The number of nitrogens with zero attached hydrogens (tertiary/aromatic N) is 1. The zero-order valence-electron chi connectivity index (χ0n) is 12.9. The molecule has 0 aliphatic rings. The van der Waals surface area contributed by atoms with Gasteiger partial charge >= 0.3 is 7.60 Å². The number of rotatable bonds is 5. The third kappa shape index (κ3) is 3.64. The van der Waals surface area contributed by atoms with Crippen LogP contribution in [-0.2, 0) is 19.8 Å². The molecule has 0 fully saturated rings. The summed E-state index contributed by atoms with van der Waals surface area (Å²) >= 11 is 0. The Labute approximate surface area is 130 Å². The van der Waals surface area contributed by atoms with Crippen LogP contribution in [0.5, 0.6) is 0 Å². The van der Waals surface area contributed by atoms with Gasteiger partial charge in [0.05, 0.1) is 17.8 Å². The van der Waals surface area contributed by atoms with Crippen LogP contribution < -0.4 is 0 Å². The molecular weight excluding hydrogens is 297 g/mol. The normalized spacial score (nSPS) is 11.2. The quantitative estimate of drug-likeness (QED) is 0.761. The van der Waals surface area contributed by atoms with Crippen LogP contribution in [0, 0.1) is 18.3 Å². The summed E-state index contributed by atoms with van der Waals surface area (Å²) in [4.78, 5) is 0. The minimum atomic E-state index is -3.15. The summed E-state index contributed by atoms with van der Waals surface area (Å²) in [7, 11) is -0.384. The fourth-order valence-electron chi connectivity index (χ4n) is 2.30. The molecule has 5 heteroatoms. The maximum Gasteiger partial charge on any atom is 0.334 e. The van der Waals surface area contributed by atoms with Gasteiger partial charge in [0.25, 0.3) is 0 Å². The van der Waals surface area contributed by atoms with E-state index in [1.807, 2.05) is 43.3 Å². The molecule has 0 heterocycles. The second kappa shape index (κ2) is 6.89. The summed E-state index contributed by atoms with van der Waals surface area (Å²) < 4.78 is 22.5. The van der Waals surface area contributed by atoms with E-state index in [2.05, 4.69) is 6.07 Å². The molecule has 0 radical (unpaired) electrons. The Morgan fingerprint density at radius 1 is 1.14 bits per heavy atom. The summed E-state index contributed by atoms with van der Waals surface area (Å²) in [6.07, 6.45) is 0.188. The second-order valence-electron chi connectivity index (χ2n) is 4.99. The molecule has 0 bridgehead atoms. The first kappa shape index (κ1) is 16.5. The highest BCUT2D eigenvalue weighted by Gasteiger charge is 2.23. The van der Waals surface area contributed by atoms with Gasteiger partial charge in [0.15, 0.2) is 0 Å². The molecule has 4 nitrogen and oxygen atoms in total. The Morgan fingerprint density at radius 2 is 1.86 bits per heavy atom. The van der Waals surface area contributed by atoms with Crippen LogP contribution in [0.1, 0.15) is 16.7 Å². The second-order valence-corrected chi connectivity index (χ2v) is 7.26. The van der Waals surface area contributed by atoms with Crippen LogP contribution >= 0.6 is 7.60 Å². The summed E-state index contributed by atoms with van der Waals surface area (Å²) in [6, 6.07) is 15.4. The Kier molecular flexibility index (Phi) is 5.15. The molecule has 0 atom stereocenters. The average Bonchev–Trinajstić information content (AvgIpc) is 2.55. The first-order valence-electron chi connectivity index (χ1n) is 6.82. The molecule has 114 valence electrons. The standard InChI is InChI=1S/C17H18NO3P/c1-13-7-8-17(15-6-4-5-14(10-15)11-18)16(9-13)12-22(19,20-2)21-3/h4-10H,12H2,1-3H3. The molecule has 0 N–H and O–H groups in total. The molecule has 0 saturated heterocycles. The van der Waals surface area contributed by atoms with Crippen molar-refractivity contribution >= 4 is 7.60 Å². The van der Waals surface area contributed by atoms with Gasteiger partial charge in [-0.3, -0.25) is 4.57 Å². The van der Waals surface area contributed by atoms with Crippen LogP contribution in [0.4, 0.5) is 0 Å². The van der Waals surface area contributed by atoms with E-state index in [9.17, 15) is 4.57 Å². The largest absolute Gasteiger partial charge is 0.334 e. The molecule has 0 unspecified atom stereocenters. The van der Waals surface area contributed by atoms with E-state index in [1.54, 1.807) is 6.07 Å². The Hall–Kier alpha value is -1.92. The van der Waals surface area contributed by atoms with E-state index in [0.29, 0.717) is 5.56 Å². The number of aryl methyl sites for hydroxylation is 1. The first-order valence-corrected chi connectivity index (χ1v) is 8.54. The molecule has 2 aromatic carbocycles. The van der Waals surface area contributed by atoms with Gasteiger partial charge in [-0.05, 0) is 35.7 Å². The number of hydrogen-bond donors (Lipinski definition) is 0. The van der Waals surface area contributed by atoms with Crippen molar-refractivity contribution in [1.29, 1.82) is 5.26 Å². The van der Waals surface area contributed by atoms with E-state index >= 15 is 0 Å². The number of nitriles is 1. The molecular formula is C17H18NO3P. The van der Waals surface area contributed by atoms with Crippen LogP contribution in [0.3, 0.4) is 0 Å². The molecule has 22 heavy (non-hydrogen) atoms. The highest BCUT2D eigenvalue weighted by atomic mass is 31.2. The van der Waals surface area contributed by atoms with Gasteiger partial charge in [0.1, 0.15) is 0 Å². The lowest BCUT2D eigenvalue weighted by Gasteiger charge is -2.17. The predicted molar refractivity (Wildman–Crippen MR) is 86.7 cm³/mol. The van der Waals surface area contributed by atoms with Crippen molar-refractivity contribution in [2.24, 2.45) is 0 Å². The Morgan fingerprint density at radius 3 is 2.50 bits per heavy atom. The van der Waals surface area contributed by atoms with Crippen molar-refractivity contribution in [1.82, 2.24) is 0 Å². The van der Waals surface area contributed by atoms with Crippen molar-refractivity contribution in [2.45, 2.75) is 13.1 Å². The van der Waals surface area contributed by atoms with Gasteiger partial charge in [0, 0.05) is 14.2 Å². The lowest BCUT2D eigenvalue weighted by molar-refractivity contribution is 0.275. The van der Waals surface area contributed by atoms with E-state index in [4.69, 9.17) is 14.3 Å². The van der Waals surface area contributed by atoms with E-state index < -0.39 is 7.60 Å². The zero-order chi connectivity index (χ0) is 16.2. The van der Waals surface area contributed by atoms with Crippen LogP contribution in [0.2, 0.25) is 0 Å². The number of benzene rings is 2. The van der Waals surface area contributed by atoms with Crippen molar-refractivity contribution < 1.29 is 13.6 Å². The van der Waals surface area contributed by atoms with Crippen LogP contribution in [0.15, 0.2) is 42.5 Å². The van der Waals surface area contributed by atoms with Crippen molar-refractivity contribution in [3.05, 3.63) is 59.2 Å². The predicted octanol–water partition coefficient (Wildman–Crippen LogP) is 4.52. The van der Waals surface area contributed by atoms with Gasteiger partial charge in [-0.1, -0.05) is 35.9 Å². The van der Waals surface area contributed by atoms with Gasteiger partial charge in [-0.15, -0.1) is 0 Å². The molecule has 0 saturated carbocycles. The molecule has 2 rings (SSSR count). The SMILES string of the molecule is COP(=O)(Cc1cc(C)ccc1-c1cccc(C#N)c1)OC. The lowest BCUT2D eigenvalue weighted by atomic mass is 9.97. The highest BCUT2D eigenvalue weighted by molar-refractivity contribution is 7.52. The monoisotopic (exact) mass is 315 g/mol. The Balaban J connectivity index is 2.53.